The number of alkyl halides is 2. The Kier molecular flexibility index (Phi) is 5.24. The lowest BCUT2D eigenvalue weighted by Crippen LogP contribution is -2.23. The molecule has 0 aliphatic carbocycles. The number of nitrogens with one attached hydrogen (secondary N) is 1. The van der Waals surface area contributed by atoms with Gasteiger partial charge in [-0.25, -0.2) is 4.98 Å². The number of benzene rings is 2. The van der Waals surface area contributed by atoms with Crippen LogP contribution < -0.4 is 5.32 Å². The van der Waals surface area contributed by atoms with Gasteiger partial charge in [0.25, 0.3) is 0 Å². The highest BCUT2D eigenvalue weighted by Crippen LogP contribution is 2.31. The van der Waals surface area contributed by atoms with Crippen LogP contribution in [0.4, 0.5) is 14.5 Å². The number of thioether (sulfide) groups is 1. The fraction of sp³-hybridized carbons (Fsp3) is 0.176. The second kappa shape index (κ2) is 7.41. The summed E-state index contributed by atoms with van der Waals surface area (Å²) >= 11 is 6.79. The second-order valence-electron chi connectivity index (χ2n) is 5.29. The Labute approximate surface area is 152 Å². The Morgan fingerprint density at radius 2 is 1.88 bits per heavy atom. The van der Waals surface area contributed by atoms with Gasteiger partial charge in [-0.3, -0.25) is 9.36 Å². The molecule has 0 aliphatic rings. The molecule has 1 atom stereocenters. The maximum Gasteiger partial charge on any atom is 0.321 e. The molecular formula is C17H14ClF2N3OS. The summed E-state index contributed by atoms with van der Waals surface area (Å²) in [5, 5.41) is 2.79. The predicted octanol–water partition coefficient (Wildman–Crippen LogP) is 5.20. The molecule has 3 rings (SSSR count). The SMILES string of the molecule is CC(Sc1nc2ccccc2n1C(F)F)C(=O)Nc1ccc(Cl)cc1. The average molecular weight is 382 g/mol. The highest BCUT2D eigenvalue weighted by molar-refractivity contribution is 8.00. The molecular weight excluding hydrogens is 368 g/mol. The molecule has 130 valence electrons. The van der Waals surface area contributed by atoms with E-state index in [0.29, 0.717) is 21.7 Å². The number of rotatable bonds is 5. The van der Waals surface area contributed by atoms with Gasteiger partial charge in [0, 0.05) is 10.7 Å². The molecule has 4 nitrogen and oxygen atoms in total. The molecule has 0 saturated heterocycles. The fourth-order valence-corrected chi connectivity index (χ4v) is 3.33. The molecule has 1 heterocycles. The van der Waals surface area contributed by atoms with Crippen molar-refractivity contribution < 1.29 is 13.6 Å². The van der Waals surface area contributed by atoms with Crippen molar-refractivity contribution in [1.82, 2.24) is 9.55 Å². The van der Waals surface area contributed by atoms with E-state index in [4.69, 9.17) is 11.6 Å². The van der Waals surface area contributed by atoms with Crippen LogP contribution in [0.5, 0.6) is 0 Å². The molecule has 1 amide bonds. The zero-order valence-electron chi connectivity index (χ0n) is 13.1. The predicted molar refractivity (Wildman–Crippen MR) is 96.4 cm³/mol. The van der Waals surface area contributed by atoms with Crippen LogP contribution in [-0.2, 0) is 4.79 Å². The van der Waals surface area contributed by atoms with Gasteiger partial charge in [-0.15, -0.1) is 0 Å². The van der Waals surface area contributed by atoms with Crippen LogP contribution >= 0.6 is 23.4 Å². The normalized spacial score (nSPS) is 12.5. The molecule has 0 saturated carbocycles. The number of hydrogen-bond donors (Lipinski definition) is 1. The van der Waals surface area contributed by atoms with Crippen molar-refractivity contribution in [3.05, 3.63) is 53.6 Å². The summed E-state index contributed by atoms with van der Waals surface area (Å²) in [4.78, 5) is 16.5. The third-order valence-electron chi connectivity index (χ3n) is 3.52. The summed E-state index contributed by atoms with van der Waals surface area (Å²) in [7, 11) is 0. The lowest BCUT2D eigenvalue weighted by atomic mass is 10.3. The van der Waals surface area contributed by atoms with E-state index in [1.54, 1.807) is 55.5 Å². The molecule has 0 fully saturated rings. The van der Waals surface area contributed by atoms with Crippen molar-refractivity contribution in [3.63, 3.8) is 0 Å². The van der Waals surface area contributed by atoms with Crippen LogP contribution in [0.2, 0.25) is 5.02 Å². The summed E-state index contributed by atoms with van der Waals surface area (Å²) in [5.74, 6) is -0.305. The highest BCUT2D eigenvalue weighted by atomic mass is 35.5. The van der Waals surface area contributed by atoms with Gasteiger partial charge in [-0.2, -0.15) is 8.78 Å². The van der Waals surface area contributed by atoms with E-state index >= 15 is 0 Å². The third kappa shape index (κ3) is 3.93. The maximum atomic E-state index is 13.4. The molecule has 0 bridgehead atoms. The molecule has 3 aromatic rings. The first-order chi connectivity index (χ1) is 12.0. The van der Waals surface area contributed by atoms with Crippen LogP contribution in [0.1, 0.15) is 13.5 Å². The first kappa shape index (κ1) is 17.7. The number of imidazole rings is 1. The Morgan fingerprint density at radius 3 is 2.56 bits per heavy atom. The van der Waals surface area contributed by atoms with Gasteiger partial charge in [0.2, 0.25) is 5.91 Å². The van der Waals surface area contributed by atoms with Crippen LogP contribution in [-0.4, -0.2) is 20.7 Å². The standard InChI is InChI=1S/C17H14ClF2N3OS/c1-10(15(24)21-12-8-6-11(18)7-9-12)25-17-22-13-4-2-3-5-14(13)23(17)16(19)20/h2-10,16H,1H3,(H,21,24). The number of amides is 1. The third-order valence-corrected chi connectivity index (χ3v) is 4.84. The fourth-order valence-electron chi connectivity index (χ4n) is 2.28. The minimum absolute atomic E-state index is 0.106. The number of nitrogens with zero attached hydrogens (tertiary/aromatic N) is 2. The van der Waals surface area contributed by atoms with Crippen molar-refractivity contribution in [2.45, 2.75) is 23.9 Å². The average Bonchev–Trinajstić information content (AvgIpc) is 2.94. The van der Waals surface area contributed by atoms with E-state index in [1.165, 1.54) is 0 Å². The Bertz CT molecular complexity index is 899. The smallest absolute Gasteiger partial charge is 0.321 e. The highest BCUT2D eigenvalue weighted by Gasteiger charge is 2.23. The zero-order chi connectivity index (χ0) is 18.0. The van der Waals surface area contributed by atoms with Crippen molar-refractivity contribution in [2.75, 3.05) is 5.32 Å². The molecule has 2 aromatic carbocycles. The molecule has 1 N–H and O–H groups in total. The summed E-state index contributed by atoms with van der Waals surface area (Å²) in [6, 6.07) is 13.3. The molecule has 0 aliphatic heterocycles. The van der Waals surface area contributed by atoms with Gasteiger partial charge < -0.3 is 5.32 Å². The quantitative estimate of drug-likeness (QED) is 0.617. The molecule has 25 heavy (non-hydrogen) atoms. The van der Waals surface area contributed by atoms with Gasteiger partial charge >= 0.3 is 6.55 Å². The molecule has 1 unspecified atom stereocenters. The summed E-state index contributed by atoms with van der Waals surface area (Å²) < 4.78 is 27.7. The van der Waals surface area contributed by atoms with Crippen LogP contribution in [0.15, 0.2) is 53.7 Å². The van der Waals surface area contributed by atoms with Gasteiger partial charge in [0.15, 0.2) is 5.16 Å². The lowest BCUT2D eigenvalue weighted by Gasteiger charge is -2.13. The molecule has 0 radical (unpaired) electrons. The second-order valence-corrected chi connectivity index (χ2v) is 7.03. The first-order valence-corrected chi connectivity index (χ1v) is 8.69. The summed E-state index contributed by atoms with van der Waals surface area (Å²) in [5.41, 5.74) is 1.39. The molecule has 1 aromatic heterocycles. The van der Waals surface area contributed by atoms with Crippen molar-refractivity contribution >= 4 is 46.0 Å². The van der Waals surface area contributed by atoms with Gasteiger partial charge in [-0.1, -0.05) is 35.5 Å². The van der Waals surface area contributed by atoms with Crippen LogP contribution in [0, 0.1) is 0 Å². The first-order valence-electron chi connectivity index (χ1n) is 7.44. The van der Waals surface area contributed by atoms with E-state index in [9.17, 15) is 13.6 Å². The molecule has 0 spiro atoms. The lowest BCUT2D eigenvalue weighted by molar-refractivity contribution is -0.115. The zero-order valence-corrected chi connectivity index (χ0v) is 14.7. The van der Waals surface area contributed by atoms with Crippen molar-refractivity contribution in [2.24, 2.45) is 0 Å². The van der Waals surface area contributed by atoms with E-state index < -0.39 is 11.8 Å². The number of anilines is 1. The Balaban J connectivity index is 1.79. The number of halogens is 3. The van der Waals surface area contributed by atoms with Gasteiger partial charge in [-0.05, 0) is 43.3 Å². The summed E-state index contributed by atoms with van der Waals surface area (Å²) in [6.45, 7) is -1.09. The Hall–Kier alpha value is -2.12. The topological polar surface area (TPSA) is 46.9 Å². The van der Waals surface area contributed by atoms with Crippen molar-refractivity contribution in [1.29, 1.82) is 0 Å². The number of hydrogen-bond acceptors (Lipinski definition) is 3. The number of carbonyl (C=O) groups excluding carboxylic acids is 1. The Morgan fingerprint density at radius 1 is 1.20 bits per heavy atom. The number of carbonyl (C=O) groups is 1. The summed E-state index contributed by atoms with van der Waals surface area (Å²) in [6.07, 6.45) is 0. The minimum Gasteiger partial charge on any atom is -0.325 e. The number of aromatic nitrogens is 2. The monoisotopic (exact) mass is 381 g/mol. The van der Waals surface area contributed by atoms with E-state index in [2.05, 4.69) is 10.3 Å². The van der Waals surface area contributed by atoms with Crippen LogP contribution in [0.3, 0.4) is 0 Å². The maximum absolute atomic E-state index is 13.4. The van der Waals surface area contributed by atoms with Gasteiger partial charge in [0.1, 0.15) is 0 Å². The van der Waals surface area contributed by atoms with Crippen LogP contribution in [0.25, 0.3) is 11.0 Å². The van der Waals surface area contributed by atoms with Crippen molar-refractivity contribution in [3.8, 4) is 0 Å². The number of para-hydroxylation sites is 2. The van der Waals surface area contributed by atoms with E-state index in [1.807, 2.05) is 0 Å². The largest absolute Gasteiger partial charge is 0.325 e. The number of fused-ring (bicyclic) bond motifs is 1. The van der Waals surface area contributed by atoms with E-state index in [0.717, 1.165) is 16.3 Å². The molecule has 8 heteroatoms. The van der Waals surface area contributed by atoms with E-state index in [-0.39, 0.29) is 11.1 Å². The minimum atomic E-state index is -2.73. The van der Waals surface area contributed by atoms with Gasteiger partial charge in [0.05, 0.1) is 16.3 Å².